The van der Waals surface area contributed by atoms with Crippen molar-refractivity contribution in [2.75, 3.05) is 63.9 Å². The summed E-state index contributed by atoms with van der Waals surface area (Å²) in [6.07, 6.45) is 1.40. The van der Waals surface area contributed by atoms with Crippen LogP contribution in [0.4, 0.5) is 16.4 Å². The average molecular weight is 428 g/mol. The predicted molar refractivity (Wildman–Crippen MR) is 118 cm³/mol. The second-order valence-electron chi connectivity index (χ2n) is 7.04. The number of hydrogen-bond donors (Lipinski definition) is 1. The van der Waals surface area contributed by atoms with E-state index in [0.717, 1.165) is 11.1 Å². The highest BCUT2D eigenvalue weighted by atomic mass is 16.6. The van der Waals surface area contributed by atoms with Crippen LogP contribution in [0.2, 0.25) is 0 Å². The molecule has 1 aliphatic rings. The molecule has 31 heavy (non-hydrogen) atoms. The molecule has 1 fully saturated rings. The molecule has 2 aromatic rings. The van der Waals surface area contributed by atoms with Crippen LogP contribution in [0.15, 0.2) is 35.4 Å². The van der Waals surface area contributed by atoms with Crippen LogP contribution in [0.25, 0.3) is 0 Å². The van der Waals surface area contributed by atoms with E-state index in [9.17, 15) is 4.79 Å². The average Bonchev–Trinajstić information content (AvgIpc) is 3.16. The fourth-order valence-corrected chi connectivity index (χ4v) is 2.87. The van der Waals surface area contributed by atoms with Crippen LogP contribution in [-0.2, 0) is 9.47 Å². The molecule has 0 unspecified atom stereocenters. The maximum absolute atomic E-state index is 11.5. The summed E-state index contributed by atoms with van der Waals surface area (Å²) in [6, 6.07) is 10.00. The molecule has 1 saturated heterocycles. The Morgan fingerprint density at radius 1 is 1.32 bits per heavy atom. The quantitative estimate of drug-likeness (QED) is 0.429. The summed E-state index contributed by atoms with van der Waals surface area (Å²) in [6.45, 7) is 4.86. The fraction of sp³-hybridized carbons (Fsp3) is 0.429. The normalized spacial score (nSPS) is 13.5. The van der Waals surface area contributed by atoms with Gasteiger partial charge in [0, 0.05) is 26.8 Å². The highest BCUT2D eigenvalue weighted by Crippen LogP contribution is 2.19. The molecular weight excluding hydrogens is 400 g/mol. The molecule has 166 valence electrons. The predicted octanol–water partition coefficient (Wildman–Crippen LogP) is 2.14. The first-order chi connectivity index (χ1) is 15.0. The van der Waals surface area contributed by atoms with Crippen LogP contribution in [-0.4, -0.2) is 80.8 Å². The number of aryl methyl sites for hydroxylation is 1. The lowest BCUT2D eigenvalue weighted by Gasteiger charge is -2.19. The number of rotatable bonds is 11. The van der Waals surface area contributed by atoms with E-state index in [2.05, 4.69) is 20.5 Å². The molecule has 3 rings (SSSR count). The second kappa shape index (κ2) is 11.1. The molecule has 0 radical (unpaired) electrons. The number of nitrogens with one attached hydrogen (secondary N) is 1. The van der Waals surface area contributed by atoms with Crippen LogP contribution in [0.5, 0.6) is 6.01 Å². The van der Waals surface area contributed by atoms with Gasteiger partial charge in [-0.25, -0.2) is 4.79 Å². The van der Waals surface area contributed by atoms with E-state index in [4.69, 9.17) is 14.2 Å². The van der Waals surface area contributed by atoms with Crippen molar-refractivity contribution in [3.8, 4) is 6.01 Å². The molecule has 1 N–H and O–H groups in total. The number of ether oxygens (including phenoxy) is 3. The zero-order valence-corrected chi connectivity index (χ0v) is 18.1. The Kier molecular flexibility index (Phi) is 7.99. The van der Waals surface area contributed by atoms with Crippen LogP contribution >= 0.6 is 0 Å². The molecule has 1 amide bonds. The second-order valence-corrected chi connectivity index (χ2v) is 7.04. The Morgan fingerprint density at radius 2 is 2.19 bits per heavy atom. The summed E-state index contributed by atoms with van der Waals surface area (Å²) in [4.78, 5) is 23.9. The molecule has 10 heteroatoms. The van der Waals surface area contributed by atoms with E-state index in [1.165, 1.54) is 0 Å². The lowest BCUT2D eigenvalue weighted by atomic mass is 10.2. The Labute approximate surface area is 181 Å². The molecule has 2 heterocycles. The molecule has 0 atom stereocenters. The SMILES string of the molecule is COCCN(C)c1cc(NN=Cc2cccc(C)c2)nc(OCCN2CCOC2=O)n1. The fourth-order valence-electron chi connectivity index (χ4n) is 2.87. The summed E-state index contributed by atoms with van der Waals surface area (Å²) in [5, 5.41) is 4.28. The Hall–Kier alpha value is -3.40. The van der Waals surface area contributed by atoms with Crippen molar-refractivity contribution in [2.24, 2.45) is 5.10 Å². The lowest BCUT2D eigenvalue weighted by Crippen LogP contribution is -2.29. The van der Waals surface area contributed by atoms with E-state index in [0.29, 0.717) is 44.5 Å². The summed E-state index contributed by atoms with van der Waals surface area (Å²) >= 11 is 0. The van der Waals surface area contributed by atoms with E-state index < -0.39 is 0 Å². The standard InChI is InChI=1S/C21H28N6O4/c1-16-5-4-6-17(13-16)15-22-25-18-14-19(26(2)7-10-29-3)24-20(23-18)30-11-8-27-9-12-31-21(27)28/h4-6,13-15H,7-12H2,1-3H3,(H,23,24,25). The number of methoxy groups -OCH3 is 1. The largest absolute Gasteiger partial charge is 0.461 e. The van der Waals surface area contributed by atoms with Gasteiger partial charge in [-0.05, 0) is 12.5 Å². The van der Waals surface area contributed by atoms with Gasteiger partial charge in [-0.1, -0.05) is 29.8 Å². The van der Waals surface area contributed by atoms with Gasteiger partial charge in [0.25, 0.3) is 0 Å². The molecule has 0 saturated carbocycles. The van der Waals surface area contributed by atoms with E-state index >= 15 is 0 Å². The maximum Gasteiger partial charge on any atom is 0.410 e. The minimum atomic E-state index is -0.328. The summed E-state index contributed by atoms with van der Waals surface area (Å²) in [5.41, 5.74) is 5.08. The van der Waals surface area contributed by atoms with E-state index in [-0.39, 0.29) is 18.7 Å². The number of likely N-dealkylation sites (N-methyl/N-ethyl adjacent to an activating group) is 1. The van der Waals surface area contributed by atoms with Gasteiger partial charge in [0.2, 0.25) is 0 Å². The molecule has 0 bridgehead atoms. The number of carbonyl (C=O) groups excluding carboxylic acids is 1. The van der Waals surface area contributed by atoms with Crippen LogP contribution < -0.4 is 15.1 Å². The first-order valence-corrected chi connectivity index (χ1v) is 10.0. The number of benzene rings is 1. The molecule has 1 aromatic carbocycles. The van der Waals surface area contributed by atoms with Gasteiger partial charge in [-0.3, -0.25) is 5.43 Å². The summed E-state index contributed by atoms with van der Waals surface area (Å²) in [5.74, 6) is 1.16. The van der Waals surface area contributed by atoms with Gasteiger partial charge in [-0.15, -0.1) is 0 Å². The molecule has 10 nitrogen and oxygen atoms in total. The first-order valence-electron chi connectivity index (χ1n) is 10.0. The van der Waals surface area contributed by atoms with Gasteiger partial charge in [0.15, 0.2) is 5.82 Å². The third-order valence-electron chi connectivity index (χ3n) is 4.59. The van der Waals surface area contributed by atoms with E-state index in [1.807, 2.05) is 43.1 Å². The van der Waals surface area contributed by atoms with Crippen LogP contribution in [0.3, 0.4) is 0 Å². The van der Waals surface area contributed by atoms with Crippen LogP contribution in [0, 0.1) is 6.92 Å². The topological polar surface area (TPSA) is 101 Å². The number of hydrogen-bond acceptors (Lipinski definition) is 9. The van der Waals surface area contributed by atoms with Crippen molar-refractivity contribution in [1.82, 2.24) is 14.9 Å². The number of anilines is 2. The van der Waals surface area contributed by atoms with Gasteiger partial charge in [-0.2, -0.15) is 15.1 Å². The molecule has 1 aliphatic heterocycles. The summed E-state index contributed by atoms with van der Waals surface area (Å²) < 4.78 is 15.8. The van der Waals surface area contributed by atoms with Crippen molar-refractivity contribution < 1.29 is 19.0 Å². The van der Waals surface area contributed by atoms with Gasteiger partial charge in [0.1, 0.15) is 19.0 Å². The minimum Gasteiger partial charge on any atom is -0.461 e. The van der Waals surface area contributed by atoms with Crippen molar-refractivity contribution in [1.29, 1.82) is 0 Å². The number of hydrazone groups is 1. The number of nitrogens with zero attached hydrogens (tertiary/aromatic N) is 5. The van der Waals surface area contributed by atoms with Crippen molar-refractivity contribution in [3.63, 3.8) is 0 Å². The maximum atomic E-state index is 11.5. The van der Waals surface area contributed by atoms with Crippen molar-refractivity contribution >= 4 is 23.9 Å². The Bertz CT molecular complexity index is 907. The van der Waals surface area contributed by atoms with Crippen molar-refractivity contribution in [2.45, 2.75) is 6.92 Å². The zero-order chi connectivity index (χ0) is 22.1. The highest BCUT2D eigenvalue weighted by Gasteiger charge is 2.21. The minimum absolute atomic E-state index is 0.197. The van der Waals surface area contributed by atoms with Gasteiger partial charge in [0.05, 0.1) is 25.9 Å². The van der Waals surface area contributed by atoms with Gasteiger partial charge < -0.3 is 24.0 Å². The third-order valence-corrected chi connectivity index (χ3v) is 4.59. The van der Waals surface area contributed by atoms with Crippen LogP contribution in [0.1, 0.15) is 11.1 Å². The molecule has 1 aromatic heterocycles. The van der Waals surface area contributed by atoms with Crippen molar-refractivity contribution in [3.05, 3.63) is 41.5 Å². The lowest BCUT2D eigenvalue weighted by molar-refractivity contribution is 0.152. The molecular formula is C21H28N6O4. The third kappa shape index (κ3) is 6.82. The Morgan fingerprint density at radius 3 is 2.94 bits per heavy atom. The first kappa shape index (κ1) is 22.3. The monoisotopic (exact) mass is 428 g/mol. The molecule has 0 spiro atoms. The zero-order valence-electron chi connectivity index (χ0n) is 18.1. The number of amides is 1. The number of carbonyl (C=O) groups is 1. The number of aromatic nitrogens is 2. The molecule has 0 aliphatic carbocycles. The van der Waals surface area contributed by atoms with E-state index in [1.54, 1.807) is 24.3 Å². The number of cyclic esters (lactones) is 1. The van der Waals surface area contributed by atoms with Gasteiger partial charge >= 0.3 is 12.1 Å². The smallest absolute Gasteiger partial charge is 0.410 e. The Balaban J connectivity index is 1.68. The highest BCUT2D eigenvalue weighted by molar-refractivity contribution is 5.80. The summed E-state index contributed by atoms with van der Waals surface area (Å²) in [7, 11) is 3.56.